The first kappa shape index (κ1) is 14.1. The van der Waals surface area contributed by atoms with Gasteiger partial charge >= 0.3 is 5.97 Å². The van der Waals surface area contributed by atoms with E-state index in [1.165, 1.54) is 12.5 Å². The Kier molecular flexibility index (Phi) is 3.68. The molecule has 0 radical (unpaired) electrons. The second-order valence-electron chi connectivity index (χ2n) is 5.93. The molecule has 2 aliphatic carbocycles. The van der Waals surface area contributed by atoms with Crippen molar-refractivity contribution in [2.75, 3.05) is 12.4 Å². The number of nitrogens with one attached hydrogen (secondary N) is 1. The molecular formula is C16H19NO4. The van der Waals surface area contributed by atoms with Crippen LogP contribution < -0.4 is 5.32 Å². The van der Waals surface area contributed by atoms with Gasteiger partial charge in [0, 0.05) is 18.7 Å². The zero-order chi connectivity index (χ0) is 15.0. The third kappa shape index (κ3) is 2.78. The molecule has 21 heavy (non-hydrogen) atoms. The summed E-state index contributed by atoms with van der Waals surface area (Å²) < 4.78 is 5.04. The minimum atomic E-state index is -1.01. The zero-order valence-electron chi connectivity index (χ0n) is 12.0. The average Bonchev–Trinajstić information content (AvgIpc) is 2.93. The molecule has 2 atom stereocenters. The monoisotopic (exact) mass is 289 g/mol. The number of anilines is 1. The molecule has 1 aromatic rings. The molecule has 0 bridgehead atoms. The molecule has 0 aliphatic heterocycles. The van der Waals surface area contributed by atoms with Crippen LogP contribution in [-0.2, 0) is 16.1 Å². The number of carbonyl (C=O) groups is 2. The van der Waals surface area contributed by atoms with Gasteiger partial charge in [-0.3, -0.25) is 4.79 Å². The number of aromatic carboxylic acids is 1. The molecule has 0 spiro atoms. The highest BCUT2D eigenvalue weighted by molar-refractivity contribution is 5.97. The molecule has 2 unspecified atom stereocenters. The second-order valence-corrected chi connectivity index (χ2v) is 5.93. The van der Waals surface area contributed by atoms with E-state index in [4.69, 9.17) is 9.84 Å². The predicted octanol–water partition coefficient (Wildman–Crippen LogP) is 2.52. The lowest BCUT2D eigenvalue weighted by molar-refractivity contribution is -0.118. The molecule has 5 heteroatoms. The summed E-state index contributed by atoms with van der Waals surface area (Å²) in [7, 11) is 1.55. The maximum Gasteiger partial charge on any atom is 0.335 e. The van der Waals surface area contributed by atoms with Gasteiger partial charge in [0.05, 0.1) is 12.2 Å². The lowest BCUT2D eigenvalue weighted by atomic mass is 10.1. The van der Waals surface area contributed by atoms with Crippen molar-refractivity contribution in [3.8, 4) is 0 Å². The fourth-order valence-corrected chi connectivity index (χ4v) is 3.57. The Bertz CT molecular complexity index is 574. The molecule has 2 saturated carbocycles. The highest BCUT2D eigenvalue weighted by Crippen LogP contribution is 2.57. The Morgan fingerprint density at radius 2 is 2.00 bits per heavy atom. The van der Waals surface area contributed by atoms with E-state index in [1.807, 2.05) is 0 Å². The summed E-state index contributed by atoms with van der Waals surface area (Å²) in [5, 5.41) is 12.0. The highest BCUT2D eigenvalue weighted by atomic mass is 16.5. The van der Waals surface area contributed by atoms with Crippen LogP contribution in [0.2, 0.25) is 0 Å². The number of rotatable bonds is 5. The Labute approximate surface area is 123 Å². The van der Waals surface area contributed by atoms with Gasteiger partial charge in [-0.2, -0.15) is 0 Å². The van der Waals surface area contributed by atoms with Gasteiger partial charge in [0.25, 0.3) is 0 Å². The molecule has 2 fully saturated rings. The van der Waals surface area contributed by atoms with E-state index in [2.05, 4.69) is 5.32 Å². The SMILES string of the molecule is COCc1cc(NC(=O)C2C3CCCC32)cc(C(=O)O)c1. The summed E-state index contributed by atoms with van der Waals surface area (Å²) in [5.74, 6) is 0.234. The number of fused-ring (bicyclic) bond motifs is 1. The standard InChI is InChI=1S/C16H19NO4/c1-21-8-9-5-10(16(19)20)7-11(6-9)17-15(18)14-12-3-2-4-13(12)14/h5-7,12-14H,2-4,8H2,1H3,(H,17,18)(H,19,20). The van der Waals surface area contributed by atoms with Gasteiger partial charge in [0.1, 0.15) is 0 Å². The molecular weight excluding hydrogens is 270 g/mol. The Morgan fingerprint density at radius 1 is 1.29 bits per heavy atom. The number of hydrogen-bond donors (Lipinski definition) is 2. The van der Waals surface area contributed by atoms with Crippen LogP contribution in [0.5, 0.6) is 0 Å². The Morgan fingerprint density at radius 3 is 2.62 bits per heavy atom. The van der Waals surface area contributed by atoms with Gasteiger partial charge in [-0.1, -0.05) is 6.42 Å². The minimum absolute atomic E-state index is 0.0237. The quantitative estimate of drug-likeness (QED) is 0.873. The van der Waals surface area contributed by atoms with Crippen molar-refractivity contribution in [2.45, 2.75) is 25.9 Å². The van der Waals surface area contributed by atoms with Crippen LogP contribution >= 0.6 is 0 Å². The summed E-state index contributed by atoms with van der Waals surface area (Å²) in [5.41, 5.74) is 1.44. The average molecular weight is 289 g/mol. The molecule has 1 aromatic carbocycles. The summed E-state index contributed by atoms with van der Waals surface area (Å²) in [6.07, 6.45) is 3.52. The number of hydrogen-bond acceptors (Lipinski definition) is 3. The fraction of sp³-hybridized carbons (Fsp3) is 0.500. The summed E-state index contributed by atoms with van der Waals surface area (Å²) in [6, 6.07) is 4.83. The van der Waals surface area contributed by atoms with Gasteiger partial charge in [0.2, 0.25) is 5.91 Å². The molecule has 0 aromatic heterocycles. The van der Waals surface area contributed by atoms with Crippen LogP contribution in [0.4, 0.5) is 5.69 Å². The molecule has 0 heterocycles. The van der Waals surface area contributed by atoms with Crippen molar-refractivity contribution in [3.05, 3.63) is 29.3 Å². The van der Waals surface area contributed by atoms with Gasteiger partial charge in [-0.25, -0.2) is 4.79 Å². The van der Waals surface area contributed by atoms with E-state index in [0.29, 0.717) is 24.1 Å². The highest BCUT2D eigenvalue weighted by Gasteiger charge is 2.56. The number of methoxy groups -OCH3 is 1. The topological polar surface area (TPSA) is 75.6 Å². The third-order valence-electron chi connectivity index (χ3n) is 4.53. The lowest BCUT2D eigenvalue weighted by Crippen LogP contribution is -2.17. The minimum Gasteiger partial charge on any atom is -0.478 e. The number of carboxylic acids is 1. The van der Waals surface area contributed by atoms with E-state index < -0.39 is 5.97 Å². The van der Waals surface area contributed by atoms with Crippen molar-refractivity contribution in [2.24, 2.45) is 17.8 Å². The van der Waals surface area contributed by atoms with E-state index in [0.717, 1.165) is 18.4 Å². The van der Waals surface area contributed by atoms with E-state index >= 15 is 0 Å². The summed E-state index contributed by atoms with van der Waals surface area (Å²) in [4.78, 5) is 23.4. The first-order valence-electron chi connectivity index (χ1n) is 7.27. The van der Waals surface area contributed by atoms with Crippen molar-refractivity contribution in [1.29, 1.82) is 0 Å². The van der Waals surface area contributed by atoms with Crippen LogP contribution in [0.15, 0.2) is 18.2 Å². The zero-order valence-corrected chi connectivity index (χ0v) is 12.0. The van der Waals surface area contributed by atoms with Crippen LogP contribution in [0.25, 0.3) is 0 Å². The molecule has 2 aliphatic rings. The van der Waals surface area contributed by atoms with Gasteiger partial charge < -0.3 is 15.2 Å². The first-order valence-corrected chi connectivity index (χ1v) is 7.27. The van der Waals surface area contributed by atoms with E-state index in [1.54, 1.807) is 19.2 Å². The molecule has 112 valence electrons. The number of carboxylic acid groups (broad SMARTS) is 1. The van der Waals surface area contributed by atoms with Crippen molar-refractivity contribution in [3.63, 3.8) is 0 Å². The summed E-state index contributed by atoms with van der Waals surface area (Å²) in [6.45, 7) is 0.318. The van der Waals surface area contributed by atoms with Gasteiger partial charge in [-0.15, -0.1) is 0 Å². The lowest BCUT2D eigenvalue weighted by Gasteiger charge is -2.10. The third-order valence-corrected chi connectivity index (χ3v) is 4.53. The Hall–Kier alpha value is -1.88. The maximum absolute atomic E-state index is 12.2. The number of ether oxygens (including phenoxy) is 1. The normalized spacial score (nSPS) is 26.2. The molecule has 2 N–H and O–H groups in total. The van der Waals surface area contributed by atoms with Crippen LogP contribution in [0, 0.1) is 17.8 Å². The molecule has 1 amide bonds. The Balaban J connectivity index is 1.74. The molecule has 3 rings (SSSR count). The molecule has 0 saturated heterocycles. The largest absolute Gasteiger partial charge is 0.478 e. The number of carbonyl (C=O) groups excluding carboxylic acids is 1. The van der Waals surface area contributed by atoms with Crippen LogP contribution in [0.1, 0.15) is 35.2 Å². The van der Waals surface area contributed by atoms with Crippen LogP contribution in [-0.4, -0.2) is 24.1 Å². The van der Waals surface area contributed by atoms with E-state index in [9.17, 15) is 9.59 Å². The smallest absolute Gasteiger partial charge is 0.335 e. The van der Waals surface area contributed by atoms with Crippen molar-refractivity contribution < 1.29 is 19.4 Å². The van der Waals surface area contributed by atoms with Gasteiger partial charge in [0.15, 0.2) is 0 Å². The fourth-order valence-electron chi connectivity index (χ4n) is 3.57. The maximum atomic E-state index is 12.2. The van der Waals surface area contributed by atoms with Gasteiger partial charge in [-0.05, 0) is 48.4 Å². The number of amides is 1. The first-order chi connectivity index (χ1) is 10.1. The summed E-state index contributed by atoms with van der Waals surface area (Å²) >= 11 is 0. The molecule has 5 nitrogen and oxygen atoms in total. The second kappa shape index (κ2) is 5.48. The van der Waals surface area contributed by atoms with Crippen molar-refractivity contribution >= 4 is 17.6 Å². The number of benzene rings is 1. The van der Waals surface area contributed by atoms with Crippen LogP contribution in [0.3, 0.4) is 0 Å². The van der Waals surface area contributed by atoms with E-state index in [-0.39, 0.29) is 17.4 Å². The predicted molar refractivity (Wildman–Crippen MR) is 77.1 cm³/mol. The van der Waals surface area contributed by atoms with Crippen molar-refractivity contribution in [1.82, 2.24) is 0 Å².